The van der Waals surface area contributed by atoms with Crippen LogP contribution in [0.1, 0.15) is 20.9 Å². The van der Waals surface area contributed by atoms with E-state index in [-0.39, 0.29) is 40.6 Å². The second-order valence-electron chi connectivity index (χ2n) is 10.8. The molecule has 270 valence electrons. The first kappa shape index (κ1) is 38.6. The average Bonchev–Trinajstić information content (AvgIpc) is 3.85. The van der Waals surface area contributed by atoms with Crippen LogP contribution in [0.4, 0.5) is 9.59 Å². The number of thiophene rings is 2. The van der Waals surface area contributed by atoms with Gasteiger partial charge >= 0.3 is 12.2 Å². The molecule has 0 bridgehead atoms. The zero-order valence-electron chi connectivity index (χ0n) is 28.4. The Morgan fingerprint density at radius 3 is 1.44 bits per heavy atom. The molecule has 2 amide bonds. The highest BCUT2D eigenvalue weighted by molar-refractivity contribution is 7.10. The molecule has 2 aromatic heterocycles. The minimum atomic E-state index is -0.510. The molecular formula is C35H43N3O10S2. The fourth-order valence-corrected chi connectivity index (χ4v) is 5.95. The van der Waals surface area contributed by atoms with Gasteiger partial charge in [0.25, 0.3) is 0 Å². The van der Waals surface area contributed by atoms with Crippen molar-refractivity contribution in [2.75, 3.05) is 61.9 Å². The van der Waals surface area contributed by atoms with E-state index in [2.05, 4.69) is 0 Å². The number of hydrogen-bond acceptors (Lipinski definition) is 13. The molecule has 50 heavy (non-hydrogen) atoms. The van der Waals surface area contributed by atoms with Crippen LogP contribution in [-0.2, 0) is 54.6 Å². The van der Waals surface area contributed by atoms with Gasteiger partial charge in [0.15, 0.2) is 27.2 Å². The van der Waals surface area contributed by atoms with Gasteiger partial charge in [0, 0.05) is 22.8 Å². The Morgan fingerprint density at radius 1 is 0.580 bits per heavy atom. The van der Waals surface area contributed by atoms with E-state index in [1.54, 1.807) is 58.6 Å². The third kappa shape index (κ3) is 14.0. The molecule has 0 aliphatic rings. The van der Waals surface area contributed by atoms with Crippen molar-refractivity contribution in [3.05, 3.63) is 104 Å². The number of rotatable bonds is 22. The van der Waals surface area contributed by atoms with Gasteiger partial charge in [-0.25, -0.2) is 9.59 Å². The highest BCUT2D eigenvalue weighted by Crippen LogP contribution is 2.20. The van der Waals surface area contributed by atoms with Gasteiger partial charge in [-0.1, -0.05) is 36.4 Å². The van der Waals surface area contributed by atoms with Crippen LogP contribution in [0.25, 0.3) is 0 Å². The molecule has 0 atom stereocenters. The van der Waals surface area contributed by atoms with Crippen LogP contribution in [0.5, 0.6) is 11.5 Å². The Bertz CT molecular complexity index is 1430. The molecule has 0 spiro atoms. The van der Waals surface area contributed by atoms with E-state index < -0.39 is 12.2 Å². The first-order valence-electron chi connectivity index (χ1n) is 15.6. The Morgan fingerprint density at radius 2 is 1.04 bits per heavy atom. The zero-order valence-corrected chi connectivity index (χ0v) is 30.0. The fourth-order valence-electron chi connectivity index (χ4n) is 4.51. The van der Waals surface area contributed by atoms with Crippen molar-refractivity contribution in [1.82, 2.24) is 14.7 Å². The SMILES string of the molecule is COc1cccc(CN(Cc2cccs2)C(=O)OCOCOCN(C)COCOCOC(=O)N(Cc2cccc(OC)c2)Cc2cccs2)c1. The molecule has 4 aromatic rings. The van der Waals surface area contributed by atoms with Crippen LogP contribution in [-0.4, -0.2) is 88.8 Å². The Hall–Kier alpha value is -4.22. The number of carbonyl (C=O) groups is 2. The van der Waals surface area contributed by atoms with Crippen LogP contribution in [0.15, 0.2) is 83.6 Å². The van der Waals surface area contributed by atoms with Crippen LogP contribution >= 0.6 is 22.7 Å². The topological polar surface area (TPSA) is 118 Å². The summed E-state index contributed by atoms with van der Waals surface area (Å²) in [6.45, 7) is 1.14. The first-order chi connectivity index (χ1) is 24.4. The molecule has 4 rings (SSSR count). The molecule has 0 saturated heterocycles. The molecule has 15 heteroatoms. The zero-order chi connectivity index (χ0) is 35.4. The van der Waals surface area contributed by atoms with E-state index >= 15 is 0 Å². The first-order valence-corrected chi connectivity index (χ1v) is 17.3. The second kappa shape index (κ2) is 21.8. The van der Waals surface area contributed by atoms with Crippen molar-refractivity contribution in [1.29, 1.82) is 0 Å². The van der Waals surface area contributed by atoms with Gasteiger partial charge in [-0.15, -0.1) is 22.7 Å². The molecule has 2 heterocycles. The quantitative estimate of drug-likeness (QED) is 0.0648. The summed E-state index contributed by atoms with van der Waals surface area (Å²) in [4.78, 5) is 32.8. The maximum atomic E-state index is 12.9. The number of carbonyl (C=O) groups excluding carboxylic acids is 2. The van der Waals surface area contributed by atoms with Crippen LogP contribution in [0.3, 0.4) is 0 Å². The molecule has 0 saturated carbocycles. The monoisotopic (exact) mass is 729 g/mol. The summed E-state index contributed by atoms with van der Waals surface area (Å²) in [5.74, 6) is 1.43. The lowest BCUT2D eigenvalue weighted by atomic mass is 10.2. The van der Waals surface area contributed by atoms with Crippen LogP contribution in [0, 0.1) is 0 Å². The van der Waals surface area contributed by atoms with Crippen LogP contribution in [0.2, 0.25) is 0 Å². The van der Waals surface area contributed by atoms with Gasteiger partial charge in [0.1, 0.15) is 25.0 Å². The van der Waals surface area contributed by atoms with Gasteiger partial charge in [-0.2, -0.15) is 0 Å². The van der Waals surface area contributed by atoms with Crippen molar-refractivity contribution in [2.45, 2.75) is 26.2 Å². The maximum Gasteiger partial charge on any atom is 0.412 e. The second-order valence-corrected chi connectivity index (χ2v) is 12.9. The van der Waals surface area contributed by atoms with E-state index in [0.29, 0.717) is 37.7 Å². The molecule has 0 radical (unpaired) electrons. The van der Waals surface area contributed by atoms with Crippen molar-refractivity contribution in [3.8, 4) is 11.5 Å². The smallest absolute Gasteiger partial charge is 0.412 e. The summed E-state index contributed by atoms with van der Waals surface area (Å²) in [5, 5.41) is 3.93. The molecule has 0 aliphatic carbocycles. The lowest BCUT2D eigenvalue weighted by molar-refractivity contribution is -0.161. The molecule has 13 nitrogen and oxygen atoms in total. The highest BCUT2D eigenvalue weighted by Gasteiger charge is 2.19. The maximum absolute atomic E-state index is 12.9. The normalized spacial score (nSPS) is 11.0. The number of hydrogen-bond donors (Lipinski definition) is 0. The molecule has 2 aromatic carbocycles. The summed E-state index contributed by atoms with van der Waals surface area (Å²) < 4.78 is 42.9. The number of benzene rings is 2. The Balaban J connectivity index is 1.07. The predicted molar refractivity (Wildman–Crippen MR) is 187 cm³/mol. The number of methoxy groups -OCH3 is 2. The van der Waals surface area contributed by atoms with E-state index in [9.17, 15) is 9.59 Å². The van der Waals surface area contributed by atoms with Gasteiger partial charge in [-0.3, -0.25) is 14.7 Å². The van der Waals surface area contributed by atoms with Crippen LogP contribution < -0.4 is 9.47 Å². The number of amides is 2. The van der Waals surface area contributed by atoms with E-state index in [4.69, 9.17) is 37.9 Å². The largest absolute Gasteiger partial charge is 0.497 e. The molecule has 0 unspecified atom stereocenters. The molecule has 0 N–H and O–H groups in total. The molecule has 0 aliphatic heterocycles. The molecular weight excluding hydrogens is 687 g/mol. The summed E-state index contributed by atoms with van der Waals surface area (Å²) in [6, 6.07) is 22.9. The van der Waals surface area contributed by atoms with E-state index in [1.807, 2.05) is 83.6 Å². The van der Waals surface area contributed by atoms with Crippen molar-refractivity contribution in [3.63, 3.8) is 0 Å². The van der Waals surface area contributed by atoms with Crippen molar-refractivity contribution in [2.24, 2.45) is 0 Å². The van der Waals surface area contributed by atoms with Gasteiger partial charge in [0.2, 0.25) is 0 Å². The average molecular weight is 730 g/mol. The van der Waals surface area contributed by atoms with Gasteiger partial charge in [-0.05, 0) is 65.3 Å². The standard InChI is InChI=1S/C35H43N3O10S2/c1-36(22-43-24-45-26-47-34(39)37(20-32-12-6-14-49-32)18-28-8-4-10-30(16-28)41-2)23-44-25-46-27-48-35(40)38(21-33-13-7-15-50-33)19-29-9-5-11-31(17-29)42-3/h4-17H,18-27H2,1-3H3. The minimum Gasteiger partial charge on any atom is -0.497 e. The highest BCUT2D eigenvalue weighted by atomic mass is 32.1. The van der Waals surface area contributed by atoms with E-state index in [1.165, 1.54) is 0 Å². The third-order valence-corrected chi connectivity index (χ3v) is 8.60. The third-order valence-electron chi connectivity index (χ3n) is 6.87. The van der Waals surface area contributed by atoms with Gasteiger partial charge in [0.05, 0.1) is 27.3 Å². The summed E-state index contributed by atoms with van der Waals surface area (Å²) in [7, 11) is 4.98. The summed E-state index contributed by atoms with van der Waals surface area (Å²) in [6.07, 6.45) is -1.02. The van der Waals surface area contributed by atoms with Gasteiger partial charge < -0.3 is 37.9 Å². The lowest BCUT2D eigenvalue weighted by Gasteiger charge is -2.22. The lowest BCUT2D eigenvalue weighted by Crippen LogP contribution is -2.31. The number of nitrogens with zero attached hydrogens (tertiary/aromatic N) is 3. The number of ether oxygens (including phenoxy) is 8. The van der Waals surface area contributed by atoms with Crippen molar-refractivity contribution >= 4 is 34.9 Å². The Labute approximate surface area is 300 Å². The summed E-state index contributed by atoms with van der Waals surface area (Å²) >= 11 is 3.13. The predicted octanol–water partition coefficient (Wildman–Crippen LogP) is 6.55. The summed E-state index contributed by atoms with van der Waals surface area (Å²) in [5.41, 5.74) is 1.83. The molecule has 0 fully saturated rings. The minimum absolute atomic E-state index is 0.0946. The Kier molecular flexibility index (Phi) is 16.8. The fraction of sp³-hybridized carbons (Fsp3) is 0.371. The van der Waals surface area contributed by atoms with Crippen molar-refractivity contribution < 1.29 is 47.5 Å². The van der Waals surface area contributed by atoms with E-state index in [0.717, 1.165) is 20.9 Å².